The second-order valence-electron chi connectivity index (χ2n) is 3.43. The molecule has 2 nitrogen and oxygen atoms in total. The molecule has 0 amide bonds. The van der Waals surface area contributed by atoms with Crippen LogP contribution in [0.15, 0.2) is 4.99 Å². The van der Waals surface area contributed by atoms with Crippen LogP contribution in [0.3, 0.4) is 0 Å². The maximum atomic E-state index is 5.94. The van der Waals surface area contributed by atoms with Gasteiger partial charge in [0.15, 0.2) is 0 Å². The van der Waals surface area contributed by atoms with E-state index in [0.717, 1.165) is 6.42 Å². The average Bonchev–Trinajstić information content (AvgIpc) is 2.29. The SMILES string of the molecule is CCC(Cl)C1=NC(C)(C)CO1. The summed E-state index contributed by atoms with van der Waals surface area (Å²) < 4.78 is 5.34. The maximum Gasteiger partial charge on any atom is 0.202 e. The van der Waals surface area contributed by atoms with E-state index in [4.69, 9.17) is 16.3 Å². The van der Waals surface area contributed by atoms with E-state index in [1.54, 1.807) is 0 Å². The Morgan fingerprint density at radius 1 is 1.73 bits per heavy atom. The van der Waals surface area contributed by atoms with Crippen LogP contribution in [0, 0.1) is 0 Å². The molecule has 0 fully saturated rings. The summed E-state index contributed by atoms with van der Waals surface area (Å²) in [5.74, 6) is 0.708. The van der Waals surface area contributed by atoms with Gasteiger partial charge in [-0.15, -0.1) is 11.6 Å². The predicted molar refractivity (Wildman–Crippen MR) is 47.4 cm³/mol. The monoisotopic (exact) mass is 175 g/mol. The zero-order valence-electron chi connectivity index (χ0n) is 7.22. The van der Waals surface area contributed by atoms with Gasteiger partial charge < -0.3 is 4.74 Å². The van der Waals surface area contributed by atoms with Crippen LogP contribution in [0.1, 0.15) is 27.2 Å². The van der Waals surface area contributed by atoms with E-state index >= 15 is 0 Å². The third kappa shape index (κ3) is 2.09. The number of hydrogen-bond acceptors (Lipinski definition) is 2. The molecule has 0 aliphatic carbocycles. The maximum absolute atomic E-state index is 5.94. The van der Waals surface area contributed by atoms with Gasteiger partial charge in [-0.05, 0) is 20.3 Å². The summed E-state index contributed by atoms with van der Waals surface area (Å²) in [5.41, 5.74) is -0.0718. The Hall–Kier alpha value is -0.240. The number of ether oxygens (including phenoxy) is 1. The molecule has 0 saturated carbocycles. The van der Waals surface area contributed by atoms with Crippen molar-refractivity contribution in [1.82, 2.24) is 0 Å². The summed E-state index contributed by atoms with van der Waals surface area (Å²) in [6, 6.07) is 0. The first-order valence-corrected chi connectivity index (χ1v) is 4.35. The topological polar surface area (TPSA) is 21.6 Å². The highest BCUT2D eigenvalue weighted by Crippen LogP contribution is 2.21. The van der Waals surface area contributed by atoms with Gasteiger partial charge in [-0.25, -0.2) is 4.99 Å². The van der Waals surface area contributed by atoms with Crippen LogP contribution in [0.25, 0.3) is 0 Å². The van der Waals surface area contributed by atoms with Crippen molar-refractivity contribution in [3.05, 3.63) is 0 Å². The molecular formula is C8H14ClNO. The lowest BCUT2D eigenvalue weighted by Gasteiger charge is -2.07. The van der Waals surface area contributed by atoms with Crippen molar-refractivity contribution in [1.29, 1.82) is 0 Å². The molecule has 64 valence electrons. The van der Waals surface area contributed by atoms with Crippen LogP contribution >= 0.6 is 11.6 Å². The molecule has 1 unspecified atom stereocenters. The molecule has 11 heavy (non-hydrogen) atoms. The first-order chi connectivity index (χ1) is 5.05. The van der Waals surface area contributed by atoms with E-state index < -0.39 is 0 Å². The summed E-state index contributed by atoms with van der Waals surface area (Å²) in [7, 11) is 0. The van der Waals surface area contributed by atoms with Crippen molar-refractivity contribution in [2.24, 2.45) is 4.99 Å². The fraction of sp³-hybridized carbons (Fsp3) is 0.875. The summed E-state index contributed by atoms with van der Waals surface area (Å²) in [5, 5.41) is -0.0447. The quantitative estimate of drug-likeness (QED) is 0.590. The van der Waals surface area contributed by atoms with Gasteiger partial charge in [0, 0.05) is 0 Å². The smallest absolute Gasteiger partial charge is 0.202 e. The zero-order valence-corrected chi connectivity index (χ0v) is 7.98. The summed E-state index contributed by atoms with van der Waals surface area (Å²) in [6.45, 7) is 6.76. The second kappa shape index (κ2) is 3.02. The first-order valence-electron chi connectivity index (χ1n) is 3.92. The molecule has 3 heteroatoms. The van der Waals surface area contributed by atoms with Crippen molar-refractivity contribution in [3.63, 3.8) is 0 Å². The Bertz CT molecular complexity index is 177. The van der Waals surface area contributed by atoms with Crippen LogP contribution < -0.4 is 0 Å². The van der Waals surface area contributed by atoms with E-state index in [1.165, 1.54) is 0 Å². The molecule has 1 heterocycles. The van der Waals surface area contributed by atoms with Crippen molar-refractivity contribution in [3.8, 4) is 0 Å². The van der Waals surface area contributed by atoms with Crippen LogP contribution in [-0.4, -0.2) is 23.4 Å². The molecule has 1 atom stereocenters. The standard InChI is InChI=1S/C8H14ClNO/c1-4-6(9)7-10-8(2,3)5-11-7/h6H,4-5H2,1-3H3. The van der Waals surface area contributed by atoms with Crippen LogP contribution in [-0.2, 0) is 4.74 Å². The zero-order chi connectivity index (χ0) is 8.48. The Balaban J connectivity index is 2.62. The van der Waals surface area contributed by atoms with Crippen LogP contribution in [0.4, 0.5) is 0 Å². The molecule has 0 saturated heterocycles. The minimum atomic E-state index is -0.0718. The molecule has 1 rings (SSSR count). The van der Waals surface area contributed by atoms with Crippen molar-refractivity contribution >= 4 is 17.5 Å². The third-order valence-electron chi connectivity index (χ3n) is 1.61. The Morgan fingerprint density at radius 2 is 2.36 bits per heavy atom. The van der Waals surface area contributed by atoms with Gasteiger partial charge in [-0.2, -0.15) is 0 Å². The lowest BCUT2D eigenvalue weighted by atomic mass is 10.1. The van der Waals surface area contributed by atoms with Crippen LogP contribution in [0.2, 0.25) is 0 Å². The van der Waals surface area contributed by atoms with Gasteiger partial charge in [-0.1, -0.05) is 6.92 Å². The van der Waals surface area contributed by atoms with Gasteiger partial charge in [-0.3, -0.25) is 0 Å². The first kappa shape index (κ1) is 8.85. The average molecular weight is 176 g/mol. The highest BCUT2D eigenvalue weighted by Gasteiger charge is 2.29. The molecule has 0 aromatic heterocycles. The van der Waals surface area contributed by atoms with Crippen molar-refractivity contribution in [2.45, 2.75) is 38.1 Å². The van der Waals surface area contributed by atoms with E-state index in [0.29, 0.717) is 12.5 Å². The number of halogens is 1. The predicted octanol–water partition coefficient (Wildman–Crippen LogP) is 2.21. The van der Waals surface area contributed by atoms with Gasteiger partial charge >= 0.3 is 0 Å². The molecule has 0 aromatic carbocycles. The number of nitrogens with zero attached hydrogens (tertiary/aromatic N) is 1. The summed E-state index contributed by atoms with van der Waals surface area (Å²) in [4.78, 5) is 4.35. The minimum Gasteiger partial charge on any atom is -0.477 e. The summed E-state index contributed by atoms with van der Waals surface area (Å²) >= 11 is 5.94. The van der Waals surface area contributed by atoms with E-state index in [1.807, 2.05) is 20.8 Å². The van der Waals surface area contributed by atoms with Gasteiger partial charge in [0.05, 0.1) is 5.54 Å². The molecular weight excluding hydrogens is 162 g/mol. The fourth-order valence-corrected chi connectivity index (χ4v) is 1.06. The lowest BCUT2D eigenvalue weighted by molar-refractivity contribution is 0.274. The Morgan fingerprint density at radius 3 is 2.73 bits per heavy atom. The molecule has 0 spiro atoms. The van der Waals surface area contributed by atoms with Crippen molar-refractivity contribution in [2.75, 3.05) is 6.61 Å². The Labute approximate surface area is 72.6 Å². The highest BCUT2D eigenvalue weighted by molar-refractivity contribution is 6.30. The van der Waals surface area contributed by atoms with Gasteiger partial charge in [0.1, 0.15) is 12.0 Å². The number of hydrogen-bond donors (Lipinski definition) is 0. The number of rotatable bonds is 2. The van der Waals surface area contributed by atoms with Crippen molar-refractivity contribution < 1.29 is 4.74 Å². The molecule has 0 bridgehead atoms. The Kier molecular flexibility index (Phi) is 2.43. The number of aliphatic imine (C=N–C) groups is 1. The fourth-order valence-electron chi connectivity index (χ4n) is 0.948. The third-order valence-corrected chi connectivity index (χ3v) is 2.11. The molecule has 1 aliphatic heterocycles. The highest BCUT2D eigenvalue weighted by atomic mass is 35.5. The second-order valence-corrected chi connectivity index (χ2v) is 3.95. The minimum absolute atomic E-state index is 0.0447. The summed E-state index contributed by atoms with van der Waals surface area (Å²) in [6.07, 6.45) is 0.871. The molecule has 0 radical (unpaired) electrons. The van der Waals surface area contributed by atoms with Gasteiger partial charge in [0.25, 0.3) is 0 Å². The molecule has 0 N–H and O–H groups in total. The lowest BCUT2D eigenvalue weighted by Crippen LogP contribution is -2.17. The van der Waals surface area contributed by atoms with Gasteiger partial charge in [0.2, 0.25) is 5.90 Å². The van der Waals surface area contributed by atoms with E-state index in [-0.39, 0.29) is 10.9 Å². The largest absolute Gasteiger partial charge is 0.477 e. The van der Waals surface area contributed by atoms with Crippen LogP contribution in [0.5, 0.6) is 0 Å². The number of alkyl halides is 1. The van der Waals surface area contributed by atoms with E-state index in [2.05, 4.69) is 4.99 Å². The normalized spacial score (nSPS) is 24.2. The van der Waals surface area contributed by atoms with E-state index in [9.17, 15) is 0 Å². The molecule has 0 aromatic rings. The molecule has 1 aliphatic rings.